The minimum atomic E-state index is -0.882. The highest BCUT2D eigenvalue weighted by Crippen LogP contribution is 2.24. The first-order chi connectivity index (χ1) is 9.34. The van der Waals surface area contributed by atoms with E-state index in [1.165, 1.54) is 0 Å². The Balaban J connectivity index is 2.25. The lowest BCUT2D eigenvalue weighted by atomic mass is 9.86. The summed E-state index contributed by atoms with van der Waals surface area (Å²) >= 11 is 0. The maximum atomic E-state index is 11.7. The van der Waals surface area contributed by atoms with Gasteiger partial charge in [-0.25, -0.2) is 4.79 Å². The predicted molar refractivity (Wildman–Crippen MR) is 75.4 cm³/mol. The van der Waals surface area contributed by atoms with Crippen molar-refractivity contribution < 1.29 is 19.8 Å². The van der Waals surface area contributed by atoms with Crippen molar-refractivity contribution in [3.05, 3.63) is 0 Å². The van der Waals surface area contributed by atoms with Gasteiger partial charge in [0, 0.05) is 12.6 Å². The molecule has 6 heteroatoms. The molecule has 0 aromatic heterocycles. The number of carbonyl (C=O) groups excluding carboxylic acids is 1. The maximum absolute atomic E-state index is 11.7. The van der Waals surface area contributed by atoms with Crippen LogP contribution in [0.5, 0.6) is 0 Å². The molecule has 1 saturated carbocycles. The summed E-state index contributed by atoms with van der Waals surface area (Å²) < 4.78 is 0. The van der Waals surface area contributed by atoms with Crippen molar-refractivity contribution in [2.75, 3.05) is 6.54 Å². The summed E-state index contributed by atoms with van der Waals surface area (Å²) in [4.78, 5) is 22.6. The normalized spacial score (nSPS) is 25.6. The number of amides is 2. The summed E-state index contributed by atoms with van der Waals surface area (Å²) in [7, 11) is 0. The van der Waals surface area contributed by atoms with Crippen molar-refractivity contribution >= 4 is 12.0 Å². The quantitative estimate of drug-likeness (QED) is 0.594. The first-order valence-electron chi connectivity index (χ1n) is 7.33. The van der Waals surface area contributed by atoms with E-state index in [2.05, 4.69) is 10.6 Å². The van der Waals surface area contributed by atoms with Gasteiger partial charge < -0.3 is 20.8 Å². The van der Waals surface area contributed by atoms with Gasteiger partial charge in [-0.2, -0.15) is 0 Å². The number of hydrogen-bond acceptors (Lipinski definition) is 3. The van der Waals surface area contributed by atoms with Crippen molar-refractivity contribution in [2.24, 2.45) is 5.92 Å². The summed E-state index contributed by atoms with van der Waals surface area (Å²) in [5, 5.41) is 24.4. The van der Waals surface area contributed by atoms with Gasteiger partial charge in [0.15, 0.2) is 0 Å². The van der Waals surface area contributed by atoms with E-state index in [4.69, 9.17) is 5.11 Å². The van der Waals surface area contributed by atoms with E-state index in [-0.39, 0.29) is 24.5 Å². The third-order valence-electron chi connectivity index (χ3n) is 3.83. The molecule has 1 aliphatic carbocycles. The first-order valence-corrected chi connectivity index (χ1v) is 7.33. The average molecular weight is 286 g/mol. The largest absolute Gasteiger partial charge is 0.481 e. The molecule has 0 saturated heterocycles. The van der Waals surface area contributed by atoms with Gasteiger partial charge in [-0.15, -0.1) is 0 Å². The molecule has 0 aromatic carbocycles. The molecule has 116 valence electrons. The lowest BCUT2D eigenvalue weighted by Crippen LogP contribution is -2.48. The lowest BCUT2D eigenvalue weighted by Gasteiger charge is -2.28. The van der Waals surface area contributed by atoms with Gasteiger partial charge in [0.2, 0.25) is 0 Å². The Labute approximate surface area is 119 Å². The number of urea groups is 1. The fourth-order valence-corrected chi connectivity index (χ4v) is 2.62. The zero-order chi connectivity index (χ0) is 15.2. The second kappa shape index (κ2) is 7.47. The van der Waals surface area contributed by atoms with E-state index in [1.54, 1.807) is 6.92 Å². The van der Waals surface area contributed by atoms with E-state index < -0.39 is 11.6 Å². The van der Waals surface area contributed by atoms with Crippen LogP contribution in [0.25, 0.3) is 0 Å². The molecular weight excluding hydrogens is 260 g/mol. The summed E-state index contributed by atoms with van der Waals surface area (Å²) in [6.45, 7) is 3.90. The second-order valence-corrected chi connectivity index (χ2v) is 5.96. The Morgan fingerprint density at radius 3 is 2.35 bits per heavy atom. The van der Waals surface area contributed by atoms with E-state index in [1.807, 2.05) is 6.92 Å². The van der Waals surface area contributed by atoms with Crippen LogP contribution in [0.2, 0.25) is 0 Å². The molecule has 2 amide bonds. The summed E-state index contributed by atoms with van der Waals surface area (Å²) in [6, 6.07) is -0.262. The monoisotopic (exact) mass is 286 g/mol. The molecule has 0 aliphatic heterocycles. The van der Waals surface area contributed by atoms with Gasteiger partial charge in [-0.1, -0.05) is 13.3 Å². The zero-order valence-corrected chi connectivity index (χ0v) is 12.3. The van der Waals surface area contributed by atoms with Gasteiger partial charge in [0.25, 0.3) is 0 Å². The van der Waals surface area contributed by atoms with Crippen LogP contribution in [0.4, 0.5) is 4.79 Å². The van der Waals surface area contributed by atoms with Gasteiger partial charge in [0.05, 0.1) is 11.5 Å². The lowest BCUT2D eigenvalue weighted by molar-refractivity contribution is -0.142. The number of rotatable bonds is 6. The molecule has 1 fully saturated rings. The highest BCUT2D eigenvalue weighted by Gasteiger charge is 2.27. The second-order valence-electron chi connectivity index (χ2n) is 5.96. The summed E-state index contributed by atoms with van der Waals surface area (Å²) in [5.74, 6) is -1.02. The van der Waals surface area contributed by atoms with Gasteiger partial charge in [0.1, 0.15) is 0 Å². The highest BCUT2D eigenvalue weighted by molar-refractivity contribution is 5.74. The number of aliphatic carboxylic acids is 1. The fourth-order valence-electron chi connectivity index (χ4n) is 2.62. The van der Waals surface area contributed by atoms with Crippen molar-refractivity contribution in [1.29, 1.82) is 0 Å². The molecule has 1 atom stereocenters. The van der Waals surface area contributed by atoms with Crippen LogP contribution in [0.1, 0.15) is 52.4 Å². The molecule has 0 radical (unpaired) electrons. The maximum Gasteiger partial charge on any atom is 0.315 e. The van der Waals surface area contributed by atoms with Crippen LogP contribution in [0.3, 0.4) is 0 Å². The molecule has 4 N–H and O–H groups in total. The van der Waals surface area contributed by atoms with Crippen molar-refractivity contribution in [3.63, 3.8) is 0 Å². The van der Waals surface area contributed by atoms with Crippen LogP contribution in [-0.2, 0) is 4.79 Å². The SMILES string of the molecule is CCCC(C)(O)CNC(=O)NC1CCC(C(=O)O)CC1. The molecular formula is C14H26N2O4. The molecule has 20 heavy (non-hydrogen) atoms. The Hall–Kier alpha value is -1.30. The van der Waals surface area contributed by atoms with Crippen LogP contribution < -0.4 is 10.6 Å². The molecule has 0 aromatic rings. The number of carbonyl (C=O) groups is 2. The van der Waals surface area contributed by atoms with Crippen molar-refractivity contribution in [2.45, 2.75) is 64.0 Å². The molecule has 0 heterocycles. The van der Waals surface area contributed by atoms with Crippen molar-refractivity contribution in [3.8, 4) is 0 Å². The minimum Gasteiger partial charge on any atom is -0.481 e. The number of hydrogen-bond donors (Lipinski definition) is 4. The Morgan fingerprint density at radius 1 is 1.25 bits per heavy atom. The minimum absolute atomic E-state index is 0.0294. The molecule has 1 rings (SSSR count). The summed E-state index contributed by atoms with van der Waals surface area (Å²) in [5.41, 5.74) is -0.882. The Morgan fingerprint density at radius 2 is 1.85 bits per heavy atom. The topological polar surface area (TPSA) is 98.7 Å². The molecule has 6 nitrogen and oxygen atoms in total. The third-order valence-corrected chi connectivity index (χ3v) is 3.83. The number of nitrogens with one attached hydrogen (secondary N) is 2. The number of aliphatic hydroxyl groups is 1. The van der Waals surface area contributed by atoms with Gasteiger partial charge in [-0.3, -0.25) is 4.79 Å². The van der Waals surface area contributed by atoms with Crippen molar-refractivity contribution in [1.82, 2.24) is 10.6 Å². The highest BCUT2D eigenvalue weighted by atomic mass is 16.4. The molecule has 1 unspecified atom stereocenters. The van der Waals surface area contributed by atoms with Gasteiger partial charge in [-0.05, 0) is 39.0 Å². The Bertz CT molecular complexity index is 336. The fraction of sp³-hybridized carbons (Fsp3) is 0.857. The van der Waals surface area contributed by atoms with E-state index in [0.29, 0.717) is 32.1 Å². The zero-order valence-electron chi connectivity index (χ0n) is 12.3. The first kappa shape index (κ1) is 16.8. The Kier molecular flexibility index (Phi) is 6.26. The third kappa shape index (κ3) is 5.77. The van der Waals surface area contributed by atoms with Gasteiger partial charge >= 0.3 is 12.0 Å². The standard InChI is InChI=1S/C14H26N2O4/c1-3-8-14(2,20)9-15-13(19)16-11-6-4-10(5-7-11)12(17)18/h10-11,20H,3-9H2,1-2H3,(H,17,18)(H2,15,16,19). The van der Waals surface area contributed by atoms with Crippen LogP contribution in [0, 0.1) is 5.92 Å². The smallest absolute Gasteiger partial charge is 0.315 e. The number of carboxylic acids is 1. The van der Waals surface area contributed by atoms with Crippen LogP contribution >= 0.6 is 0 Å². The molecule has 1 aliphatic rings. The van der Waals surface area contributed by atoms with Crippen LogP contribution in [0.15, 0.2) is 0 Å². The predicted octanol–water partition coefficient (Wildman–Crippen LogP) is 1.48. The average Bonchev–Trinajstić information content (AvgIpc) is 2.37. The van der Waals surface area contributed by atoms with E-state index >= 15 is 0 Å². The molecule has 0 bridgehead atoms. The number of carboxylic acid groups (broad SMARTS) is 1. The summed E-state index contributed by atoms with van der Waals surface area (Å²) in [6.07, 6.45) is 4.08. The van der Waals surface area contributed by atoms with E-state index in [0.717, 1.165) is 6.42 Å². The van der Waals surface area contributed by atoms with E-state index in [9.17, 15) is 14.7 Å². The molecule has 0 spiro atoms. The van der Waals surface area contributed by atoms with Crippen LogP contribution in [-0.4, -0.2) is 40.4 Å².